The molecule has 0 aliphatic carbocycles. The largest absolute Gasteiger partial charge is 0.377 e. The molecule has 1 aliphatic heterocycles. The van der Waals surface area contributed by atoms with Gasteiger partial charge in [0.15, 0.2) is 0 Å². The van der Waals surface area contributed by atoms with E-state index in [4.69, 9.17) is 4.74 Å². The van der Waals surface area contributed by atoms with E-state index in [-0.39, 0.29) is 0 Å². The summed E-state index contributed by atoms with van der Waals surface area (Å²) < 4.78 is 5.66. The van der Waals surface area contributed by atoms with Crippen molar-refractivity contribution in [1.29, 1.82) is 0 Å². The smallest absolute Gasteiger partial charge is 0.0669 e. The van der Waals surface area contributed by atoms with Gasteiger partial charge >= 0.3 is 0 Å². The van der Waals surface area contributed by atoms with Crippen molar-refractivity contribution in [3.05, 3.63) is 29.3 Å². The van der Waals surface area contributed by atoms with Gasteiger partial charge in [-0.15, -0.1) is 11.8 Å². The van der Waals surface area contributed by atoms with Crippen LogP contribution >= 0.6 is 11.8 Å². The molecule has 1 fully saturated rings. The Morgan fingerprint density at radius 3 is 3.06 bits per heavy atom. The number of nitrogens with one attached hydrogen (secondary N) is 1. The third-order valence-corrected chi connectivity index (χ3v) is 4.28. The van der Waals surface area contributed by atoms with Crippen molar-refractivity contribution in [1.82, 2.24) is 5.32 Å². The lowest BCUT2D eigenvalue weighted by Crippen LogP contribution is -2.10. The van der Waals surface area contributed by atoms with Crippen LogP contribution in [-0.2, 0) is 11.3 Å². The molecule has 0 spiro atoms. The third kappa shape index (κ3) is 3.73. The molecule has 0 radical (unpaired) electrons. The van der Waals surface area contributed by atoms with Crippen LogP contribution in [0.3, 0.4) is 0 Å². The Labute approximate surface area is 108 Å². The second kappa shape index (κ2) is 6.43. The van der Waals surface area contributed by atoms with Crippen LogP contribution in [0.2, 0.25) is 0 Å². The first-order chi connectivity index (χ1) is 8.29. The number of aryl methyl sites for hydroxylation is 1. The predicted molar refractivity (Wildman–Crippen MR) is 73.6 cm³/mol. The summed E-state index contributed by atoms with van der Waals surface area (Å²) in [7, 11) is 2.00. The molecule has 3 heteroatoms. The van der Waals surface area contributed by atoms with Crippen LogP contribution in [0.4, 0.5) is 0 Å². The quantitative estimate of drug-likeness (QED) is 0.813. The summed E-state index contributed by atoms with van der Waals surface area (Å²) in [5.74, 6) is 1.08. The van der Waals surface area contributed by atoms with Crippen molar-refractivity contribution in [2.75, 3.05) is 19.4 Å². The molecule has 94 valence electrons. The zero-order chi connectivity index (χ0) is 12.1. The number of thioether (sulfide) groups is 1. The van der Waals surface area contributed by atoms with Crippen molar-refractivity contribution < 1.29 is 4.74 Å². The van der Waals surface area contributed by atoms with E-state index in [9.17, 15) is 0 Å². The summed E-state index contributed by atoms with van der Waals surface area (Å²) >= 11 is 1.93. The number of benzene rings is 1. The fourth-order valence-corrected chi connectivity index (χ4v) is 3.25. The maximum absolute atomic E-state index is 5.66. The maximum atomic E-state index is 5.66. The molecular weight excluding hydrogens is 230 g/mol. The van der Waals surface area contributed by atoms with Crippen molar-refractivity contribution in [2.24, 2.45) is 0 Å². The van der Waals surface area contributed by atoms with Gasteiger partial charge in [0, 0.05) is 23.8 Å². The normalized spacial score (nSPS) is 19.8. The second-order valence-electron chi connectivity index (χ2n) is 4.59. The lowest BCUT2D eigenvalue weighted by molar-refractivity contribution is 0.129. The zero-order valence-corrected chi connectivity index (χ0v) is 11.5. The molecule has 1 unspecified atom stereocenters. The molecular formula is C14H21NOS. The topological polar surface area (TPSA) is 21.3 Å². The lowest BCUT2D eigenvalue weighted by atomic mass is 10.1. The van der Waals surface area contributed by atoms with E-state index in [1.54, 1.807) is 0 Å². The molecule has 1 aliphatic rings. The van der Waals surface area contributed by atoms with Gasteiger partial charge in [-0.1, -0.05) is 17.7 Å². The summed E-state index contributed by atoms with van der Waals surface area (Å²) in [4.78, 5) is 1.39. The fourth-order valence-electron chi connectivity index (χ4n) is 2.14. The fraction of sp³-hybridized carbons (Fsp3) is 0.571. The molecule has 1 heterocycles. The summed E-state index contributed by atoms with van der Waals surface area (Å²) in [6, 6.07) is 6.70. The molecule has 1 aromatic rings. The minimum absolute atomic E-state index is 0.462. The standard InChI is InChI=1S/C14H21NOS/c1-11-5-6-14(12(8-11)9-15-2)17-10-13-4-3-7-16-13/h5-6,8,13,15H,3-4,7,9-10H2,1-2H3. The first-order valence-corrected chi connectivity index (χ1v) is 7.26. The van der Waals surface area contributed by atoms with E-state index in [1.807, 2.05) is 18.8 Å². The number of hydrogen-bond acceptors (Lipinski definition) is 3. The van der Waals surface area contributed by atoms with E-state index in [0.29, 0.717) is 6.10 Å². The van der Waals surface area contributed by atoms with Gasteiger partial charge in [-0.25, -0.2) is 0 Å². The number of rotatable bonds is 5. The molecule has 0 aromatic heterocycles. The molecule has 2 rings (SSSR count). The highest BCUT2D eigenvalue weighted by molar-refractivity contribution is 7.99. The molecule has 0 amide bonds. The van der Waals surface area contributed by atoms with Gasteiger partial charge < -0.3 is 10.1 Å². The van der Waals surface area contributed by atoms with Crippen LogP contribution in [0.5, 0.6) is 0 Å². The molecule has 1 saturated heterocycles. The molecule has 0 saturated carbocycles. The van der Waals surface area contributed by atoms with Gasteiger partial charge in [-0.2, -0.15) is 0 Å². The van der Waals surface area contributed by atoms with Gasteiger partial charge in [-0.05, 0) is 38.4 Å². The van der Waals surface area contributed by atoms with E-state index in [0.717, 1.165) is 18.9 Å². The minimum atomic E-state index is 0.462. The van der Waals surface area contributed by atoms with Gasteiger partial charge in [-0.3, -0.25) is 0 Å². The van der Waals surface area contributed by atoms with Gasteiger partial charge in [0.2, 0.25) is 0 Å². The van der Waals surface area contributed by atoms with Crippen molar-refractivity contribution in [2.45, 2.75) is 37.3 Å². The molecule has 17 heavy (non-hydrogen) atoms. The van der Waals surface area contributed by atoms with Crippen LogP contribution < -0.4 is 5.32 Å². The number of ether oxygens (including phenoxy) is 1. The minimum Gasteiger partial charge on any atom is -0.377 e. The average molecular weight is 251 g/mol. The number of hydrogen-bond donors (Lipinski definition) is 1. The Morgan fingerprint density at radius 2 is 2.35 bits per heavy atom. The Hall–Kier alpha value is -0.510. The summed E-state index contributed by atoms with van der Waals surface area (Å²) in [5.41, 5.74) is 2.73. The highest BCUT2D eigenvalue weighted by Gasteiger charge is 2.16. The molecule has 2 nitrogen and oxygen atoms in total. The van der Waals surface area contributed by atoms with Crippen LogP contribution in [0, 0.1) is 6.92 Å². The SMILES string of the molecule is CNCc1cc(C)ccc1SCC1CCCO1. The maximum Gasteiger partial charge on any atom is 0.0669 e. The first-order valence-electron chi connectivity index (χ1n) is 6.28. The highest BCUT2D eigenvalue weighted by atomic mass is 32.2. The Morgan fingerprint density at radius 1 is 1.47 bits per heavy atom. The van der Waals surface area contributed by atoms with E-state index in [1.165, 1.54) is 28.9 Å². The molecule has 1 atom stereocenters. The molecule has 0 bridgehead atoms. The predicted octanol–water partition coefficient (Wildman–Crippen LogP) is 2.99. The first kappa shape index (κ1) is 12.9. The summed E-state index contributed by atoms with van der Waals surface area (Å²) in [5, 5.41) is 3.23. The van der Waals surface area contributed by atoms with Crippen LogP contribution in [-0.4, -0.2) is 25.5 Å². The van der Waals surface area contributed by atoms with E-state index < -0.39 is 0 Å². The highest BCUT2D eigenvalue weighted by Crippen LogP contribution is 2.27. The monoisotopic (exact) mass is 251 g/mol. The Balaban J connectivity index is 1.98. The van der Waals surface area contributed by atoms with Crippen LogP contribution in [0.1, 0.15) is 24.0 Å². The van der Waals surface area contributed by atoms with Crippen molar-refractivity contribution >= 4 is 11.8 Å². The van der Waals surface area contributed by atoms with Crippen molar-refractivity contribution in [3.63, 3.8) is 0 Å². The Bertz CT molecular complexity index is 361. The summed E-state index contributed by atoms with van der Waals surface area (Å²) in [6.07, 6.45) is 2.91. The molecule has 1 N–H and O–H groups in total. The summed E-state index contributed by atoms with van der Waals surface area (Å²) in [6.45, 7) is 4.03. The van der Waals surface area contributed by atoms with E-state index in [2.05, 4.69) is 30.4 Å². The van der Waals surface area contributed by atoms with Gasteiger partial charge in [0.25, 0.3) is 0 Å². The van der Waals surface area contributed by atoms with E-state index >= 15 is 0 Å². The van der Waals surface area contributed by atoms with Crippen LogP contribution in [0.25, 0.3) is 0 Å². The zero-order valence-electron chi connectivity index (χ0n) is 10.7. The van der Waals surface area contributed by atoms with Crippen LogP contribution in [0.15, 0.2) is 23.1 Å². The Kier molecular flexibility index (Phi) is 4.89. The van der Waals surface area contributed by atoms with Crippen molar-refractivity contribution in [3.8, 4) is 0 Å². The van der Waals surface area contributed by atoms with Gasteiger partial charge in [0.1, 0.15) is 0 Å². The third-order valence-electron chi connectivity index (χ3n) is 3.03. The lowest BCUT2D eigenvalue weighted by Gasteiger charge is -2.12. The van der Waals surface area contributed by atoms with Gasteiger partial charge in [0.05, 0.1) is 6.10 Å². The average Bonchev–Trinajstić information content (AvgIpc) is 2.81. The second-order valence-corrected chi connectivity index (χ2v) is 5.65. The molecule has 1 aromatic carbocycles.